The predicted octanol–water partition coefficient (Wildman–Crippen LogP) is 3.00. The third-order valence-corrected chi connectivity index (χ3v) is 5.46. The average molecular weight is 279 g/mol. The van der Waals surface area contributed by atoms with Gasteiger partial charge in [-0.05, 0) is 44.4 Å². The summed E-state index contributed by atoms with van der Waals surface area (Å²) in [6.45, 7) is 3.06. The van der Waals surface area contributed by atoms with E-state index in [1.54, 1.807) is 0 Å². The molecule has 0 aromatic heterocycles. The van der Waals surface area contributed by atoms with E-state index in [4.69, 9.17) is 4.74 Å². The summed E-state index contributed by atoms with van der Waals surface area (Å²) in [7, 11) is 0. The largest absolute Gasteiger partial charge is 0.450 e. The lowest BCUT2D eigenvalue weighted by Gasteiger charge is -2.35. The summed E-state index contributed by atoms with van der Waals surface area (Å²) in [6.07, 6.45) is 7.25. The maximum absolute atomic E-state index is 12.3. The van der Waals surface area contributed by atoms with E-state index in [-0.39, 0.29) is 18.1 Å². The molecule has 1 amide bonds. The standard InChI is InChI=1S/C16H25NO3/c1-2-20-16(19)17-10-11-6-5-8-12(11)15(17)13-7-3-4-9-14(13)18/h11-13,15H,2-10H2,1H3. The van der Waals surface area contributed by atoms with Crippen molar-refractivity contribution in [2.45, 2.75) is 57.9 Å². The van der Waals surface area contributed by atoms with Gasteiger partial charge in [0.25, 0.3) is 0 Å². The number of carbonyl (C=O) groups excluding carboxylic acids is 2. The number of fused-ring (bicyclic) bond motifs is 1. The first kappa shape index (κ1) is 13.9. The minimum atomic E-state index is -0.203. The Morgan fingerprint density at radius 2 is 2.10 bits per heavy atom. The number of nitrogens with zero attached hydrogens (tertiary/aromatic N) is 1. The molecule has 4 unspecified atom stereocenters. The van der Waals surface area contributed by atoms with E-state index in [0.717, 1.165) is 25.8 Å². The van der Waals surface area contributed by atoms with Crippen molar-refractivity contribution in [3.05, 3.63) is 0 Å². The molecule has 2 aliphatic carbocycles. The van der Waals surface area contributed by atoms with Gasteiger partial charge in [0.15, 0.2) is 0 Å². The van der Waals surface area contributed by atoms with Crippen molar-refractivity contribution in [2.75, 3.05) is 13.2 Å². The number of hydrogen-bond acceptors (Lipinski definition) is 3. The molecule has 112 valence electrons. The van der Waals surface area contributed by atoms with Gasteiger partial charge in [-0.25, -0.2) is 4.79 Å². The van der Waals surface area contributed by atoms with Gasteiger partial charge in [0.2, 0.25) is 0 Å². The second-order valence-electron chi connectivity index (χ2n) is 6.52. The highest BCUT2D eigenvalue weighted by atomic mass is 16.6. The third kappa shape index (κ3) is 2.33. The smallest absolute Gasteiger partial charge is 0.410 e. The first-order valence-electron chi connectivity index (χ1n) is 8.18. The molecule has 3 aliphatic rings. The van der Waals surface area contributed by atoms with Crippen LogP contribution in [0.2, 0.25) is 0 Å². The van der Waals surface area contributed by atoms with Gasteiger partial charge in [-0.3, -0.25) is 4.79 Å². The molecular formula is C16H25NO3. The Hall–Kier alpha value is -1.06. The topological polar surface area (TPSA) is 46.6 Å². The monoisotopic (exact) mass is 279 g/mol. The van der Waals surface area contributed by atoms with Crippen molar-refractivity contribution in [1.82, 2.24) is 4.90 Å². The Kier molecular flexibility index (Phi) is 3.99. The molecule has 0 radical (unpaired) electrons. The normalized spacial score (nSPS) is 37.0. The molecule has 1 heterocycles. The number of likely N-dealkylation sites (tertiary alicyclic amines) is 1. The fraction of sp³-hybridized carbons (Fsp3) is 0.875. The van der Waals surface area contributed by atoms with Crippen molar-refractivity contribution in [1.29, 1.82) is 0 Å². The minimum Gasteiger partial charge on any atom is -0.450 e. The number of Topliss-reactive ketones (excluding diaryl/α,β-unsaturated/α-hetero) is 1. The Bertz CT molecular complexity index is 395. The highest BCUT2D eigenvalue weighted by molar-refractivity contribution is 5.83. The van der Waals surface area contributed by atoms with E-state index in [1.165, 1.54) is 19.3 Å². The SMILES string of the molecule is CCOC(=O)N1CC2CCCC2C1C1CCCCC1=O. The van der Waals surface area contributed by atoms with Crippen LogP contribution in [0, 0.1) is 17.8 Å². The van der Waals surface area contributed by atoms with Crippen LogP contribution in [0.4, 0.5) is 4.79 Å². The number of ketones is 1. The van der Waals surface area contributed by atoms with E-state index >= 15 is 0 Å². The first-order valence-corrected chi connectivity index (χ1v) is 8.18. The van der Waals surface area contributed by atoms with Crippen molar-refractivity contribution >= 4 is 11.9 Å². The van der Waals surface area contributed by atoms with Gasteiger partial charge in [0.1, 0.15) is 5.78 Å². The quantitative estimate of drug-likeness (QED) is 0.780. The third-order valence-electron chi connectivity index (χ3n) is 5.46. The summed E-state index contributed by atoms with van der Waals surface area (Å²) in [4.78, 5) is 26.4. The first-order chi connectivity index (χ1) is 9.72. The van der Waals surface area contributed by atoms with Crippen LogP contribution < -0.4 is 0 Å². The number of carbonyl (C=O) groups is 2. The highest BCUT2D eigenvalue weighted by Crippen LogP contribution is 2.46. The predicted molar refractivity (Wildman–Crippen MR) is 75.3 cm³/mol. The van der Waals surface area contributed by atoms with Gasteiger partial charge in [0, 0.05) is 24.9 Å². The van der Waals surface area contributed by atoms with Crippen LogP contribution >= 0.6 is 0 Å². The maximum Gasteiger partial charge on any atom is 0.410 e. The van der Waals surface area contributed by atoms with Crippen LogP contribution in [0.1, 0.15) is 51.9 Å². The van der Waals surface area contributed by atoms with Gasteiger partial charge in [-0.2, -0.15) is 0 Å². The molecule has 0 bridgehead atoms. The Morgan fingerprint density at radius 3 is 2.85 bits per heavy atom. The van der Waals surface area contributed by atoms with Crippen LogP contribution in [0.15, 0.2) is 0 Å². The number of rotatable bonds is 2. The van der Waals surface area contributed by atoms with Crippen molar-refractivity contribution in [2.24, 2.45) is 17.8 Å². The Morgan fingerprint density at radius 1 is 1.25 bits per heavy atom. The summed E-state index contributed by atoms with van der Waals surface area (Å²) >= 11 is 0. The fourth-order valence-electron chi connectivity index (χ4n) is 4.64. The summed E-state index contributed by atoms with van der Waals surface area (Å²) in [6, 6.07) is 0.120. The number of ether oxygens (including phenoxy) is 1. The Balaban J connectivity index is 1.82. The van der Waals surface area contributed by atoms with Gasteiger partial charge in [0.05, 0.1) is 6.61 Å². The molecule has 20 heavy (non-hydrogen) atoms. The lowest BCUT2D eigenvalue weighted by Crippen LogP contribution is -2.46. The molecule has 3 rings (SSSR count). The van der Waals surface area contributed by atoms with Crippen molar-refractivity contribution < 1.29 is 14.3 Å². The van der Waals surface area contributed by atoms with Crippen LogP contribution in [-0.4, -0.2) is 36.0 Å². The summed E-state index contributed by atoms with van der Waals surface area (Å²) in [5, 5.41) is 0. The molecule has 1 aliphatic heterocycles. The van der Waals surface area contributed by atoms with Crippen molar-refractivity contribution in [3.8, 4) is 0 Å². The maximum atomic E-state index is 12.3. The molecule has 0 spiro atoms. The second-order valence-corrected chi connectivity index (χ2v) is 6.52. The molecule has 0 aromatic rings. The van der Waals surface area contributed by atoms with Crippen LogP contribution in [-0.2, 0) is 9.53 Å². The zero-order valence-corrected chi connectivity index (χ0v) is 12.3. The molecule has 4 atom stereocenters. The van der Waals surface area contributed by atoms with Gasteiger partial charge in [-0.15, -0.1) is 0 Å². The average Bonchev–Trinajstić information content (AvgIpc) is 3.00. The van der Waals surface area contributed by atoms with Gasteiger partial charge >= 0.3 is 6.09 Å². The van der Waals surface area contributed by atoms with Crippen molar-refractivity contribution in [3.63, 3.8) is 0 Å². The van der Waals surface area contributed by atoms with Gasteiger partial charge < -0.3 is 9.64 Å². The molecule has 4 nitrogen and oxygen atoms in total. The lowest BCUT2D eigenvalue weighted by atomic mass is 9.77. The minimum absolute atomic E-state index is 0.0706. The Labute approximate surface area is 120 Å². The van der Waals surface area contributed by atoms with Gasteiger partial charge in [-0.1, -0.05) is 12.8 Å². The molecule has 3 fully saturated rings. The molecule has 4 heteroatoms. The van der Waals surface area contributed by atoms with E-state index < -0.39 is 0 Å². The van der Waals surface area contributed by atoms with Crippen LogP contribution in [0.25, 0.3) is 0 Å². The molecule has 0 aromatic carbocycles. The number of amides is 1. The zero-order valence-electron chi connectivity index (χ0n) is 12.3. The summed E-state index contributed by atoms with van der Waals surface area (Å²) in [5.74, 6) is 1.58. The summed E-state index contributed by atoms with van der Waals surface area (Å²) in [5.41, 5.74) is 0. The lowest BCUT2D eigenvalue weighted by molar-refractivity contribution is -0.126. The fourth-order valence-corrected chi connectivity index (χ4v) is 4.64. The zero-order chi connectivity index (χ0) is 14.1. The molecule has 2 saturated carbocycles. The highest BCUT2D eigenvalue weighted by Gasteiger charge is 2.51. The van der Waals surface area contributed by atoms with E-state index in [9.17, 15) is 9.59 Å². The van der Waals surface area contributed by atoms with Crippen LogP contribution in [0.5, 0.6) is 0 Å². The second kappa shape index (κ2) is 5.74. The molecular weight excluding hydrogens is 254 g/mol. The van der Waals surface area contributed by atoms with E-state index in [2.05, 4.69) is 0 Å². The van der Waals surface area contributed by atoms with Crippen LogP contribution in [0.3, 0.4) is 0 Å². The van der Waals surface area contributed by atoms with E-state index in [0.29, 0.717) is 30.6 Å². The molecule has 0 N–H and O–H groups in total. The molecule has 1 saturated heterocycles. The number of hydrogen-bond donors (Lipinski definition) is 0. The summed E-state index contributed by atoms with van der Waals surface area (Å²) < 4.78 is 5.22. The van der Waals surface area contributed by atoms with E-state index in [1.807, 2.05) is 11.8 Å².